The molecule has 3 rings (SSSR count). The monoisotopic (exact) mass is 424 g/mol. The van der Waals surface area contributed by atoms with Gasteiger partial charge in [-0.05, 0) is 61.0 Å². The second-order valence-electron chi connectivity index (χ2n) is 6.46. The van der Waals surface area contributed by atoms with Gasteiger partial charge in [-0.2, -0.15) is 0 Å². The number of nitrogens with zero attached hydrogens (tertiary/aromatic N) is 2. The van der Waals surface area contributed by atoms with Gasteiger partial charge in [-0.15, -0.1) is 0 Å². The normalized spacial score (nSPS) is 16.3. The molecule has 1 fully saturated rings. The first-order valence-corrected chi connectivity index (χ1v) is 10.7. The summed E-state index contributed by atoms with van der Waals surface area (Å²) in [5.74, 6) is 0.117. The minimum absolute atomic E-state index is 0.0424. The fraction of sp³-hybridized carbons (Fsp3) is 0.261. The van der Waals surface area contributed by atoms with Gasteiger partial charge < -0.3 is 9.47 Å². The number of thioether (sulfide) groups is 1. The van der Waals surface area contributed by atoms with Crippen LogP contribution in [0.25, 0.3) is 6.08 Å². The predicted octanol–water partition coefficient (Wildman–Crippen LogP) is 4.64. The Bertz CT molecular complexity index is 939. The third-order valence-electron chi connectivity index (χ3n) is 4.16. The summed E-state index contributed by atoms with van der Waals surface area (Å²) in [5.41, 5.74) is 1.69. The van der Waals surface area contributed by atoms with E-state index in [0.29, 0.717) is 29.0 Å². The number of ether oxygens (including phenoxy) is 2. The van der Waals surface area contributed by atoms with Crippen molar-refractivity contribution >= 4 is 40.6 Å². The first kappa shape index (κ1) is 21.6. The lowest BCUT2D eigenvalue weighted by Gasteiger charge is -2.13. The van der Waals surface area contributed by atoms with Gasteiger partial charge in [0.25, 0.3) is 5.91 Å². The van der Waals surface area contributed by atoms with Crippen molar-refractivity contribution in [2.45, 2.75) is 20.3 Å². The summed E-state index contributed by atoms with van der Waals surface area (Å²) >= 11 is 1.38. The van der Waals surface area contributed by atoms with Crippen LogP contribution in [0, 0.1) is 0 Å². The van der Waals surface area contributed by atoms with Crippen molar-refractivity contribution in [3.05, 3.63) is 65.1 Å². The van der Waals surface area contributed by atoms with E-state index in [1.54, 1.807) is 24.0 Å². The topological polar surface area (TPSA) is 68.2 Å². The molecule has 2 aromatic rings. The third kappa shape index (κ3) is 5.73. The number of para-hydroxylation sites is 1. The largest absolute Gasteiger partial charge is 0.482 e. The van der Waals surface area contributed by atoms with Crippen molar-refractivity contribution in [3.8, 4) is 5.75 Å². The van der Waals surface area contributed by atoms with Crippen LogP contribution in [0.3, 0.4) is 0 Å². The Morgan fingerprint density at radius 2 is 1.83 bits per heavy atom. The molecule has 0 unspecified atom stereocenters. The maximum Gasteiger partial charge on any atom is 0.344 e. The highest BCUT2D eigenvalue weighted by atomic mass is 32.2. The average molecular weight is 425 g/mol. The number of carbonyl (C=O) groups excluding carboxylic acids is 2. The molecule has 1 heterocycles. The second-order valence-corrected chi connectivity index (χ2v) is 7.47. The zero-order valence-electron chi connectivity index (χ0n) is 17.0. The Labute approximate surface area is 180 Å². The van der Waals surface area contributed by atoms with Crippen LogP contribution < -0.4 is 4.74 Å². The number of aliphatic imine (C=N–C) groups is 1. The summed E-state index contributed by atoms with van der Waals surface area (Å²) in [4.78, 5) is 31.3. The summed E-state index contributed by atoms with van der Waals surface area (Å²) < 4.78 is 10.2. The van der Waals surface area contributed by atoms with E-state index in [0.717, 1.165) is 17.7 Å². The van der Waals surface area contributed by atoms with Gasteiger partial charge in [-0.1, -0.05) is 37.3 Å². The number of hydrogen-bond donors (Lipinski definition) is 0. The van der Waals surface area contributed by atoms with E-state index < -0.39 is 5.97 Å². The number of hydrogen-bond acceptors (Lipinski definition) is 6. The Hall–Kier alpha value is -3.06. The lowest BCUT2D eigenvalue weighted by Crippen LogP contribution is -2.29. The number of carbonyl (C=O) groups is 2. The predicted molar refractivity (Wildman–Crippen MR) is 120 cm³/mol. The van der Waals surface area contributed by atoms with E-state index in [4.69, 9.17) is 9.47 Å². The highest BCUT2D eigenvalue weighted by Gasteiger charge is 2.32. The van der Waals surface area contributed by atoms with Crippen molar-refractivity contribution in [3.63, 3.8) is 0 Å². The van der Waals surface area contributed by atoms with Gasteiger partial charge in [-0.25, -0.2) is 9.79 Å². The molecule has 0 atom stereocenters. The SMILES string of the molecule is CCCN1C(=O)/C(=C\c2ccc(OCC(=O)OCC)cc2)SC1=Nc1ccccc1. The van der Waals surface area contributed by atoms with Crippen LogP contribution in [-0.2, 0) is 14.3 Å². The third-order valence-corrected chi connectivity index (χ3v) is 5.16. The van der Waals surface area contributed by atoms with Gasteiger partial charge >= 0.3 is 5.97 Å². The Morgan fingerprint density at radius 3 is 2.50 bits per heavy atom. The minimum Gasteiger partial charge on any atom is -0.482 e. The van der Waals surface area contributed by atoms with E-state index in [-0.39, 0.29) is 12.5 Å². The maximum atomic E-state index is 12.9. The van der Waals surface area contributed by atoms with Crippen molar-refractivity contribution in [1.82, 2.24) is 4.90 Å². The van der Waals surface area contributed by atoms with E-state index in [1.165, 1.54) is 11.8 Å². The molecule has 0 spiro atoms. The molecular formula is C23H24N2O4S. The number of amides is 1. The van der Waals surface area contributed by atoms with Crippen molar-refractivity contribution in [2.75, 3.05) is 19.8 Å². The van der Waals surface area contributed by atoms with Crippen LogP contribution in [0.4, 0.5) is 5.69 Å². The van der Waals surface area contributed by atoms with Gasteiger partial charge in [0.1, 0.15) is 5.75 Å². The fourth-order valence-corrected chi connectivity index (χ4v) is 3.81. The summed E-state index contributed by atoms with van der Waals surface area (Å²) in [7, 11) is 0. The van der Waals surface area contributed by atoms with Crippen molar-refractivity contribution < 1.29 is 19.1 Å². The van der Waals surface area contributed by atoms with Gasteiger partial charge in [0.15, 0.2) is 11.8 Å². The van der Waals surface area contributed by atoms with E-state index >= 15 is 0 Å². The summed E-state index contributed by atoms with van der Waals surface area (Å²) in [6.45, 7) is 4.60. The zero-order valence-corrected chi connectivity index (χ0v) is 17.9. The molecule has 0 aromatic heterocycles. The van der Waals surface area contributed by atoms with Crippen molar-refractivity contribution in [1.29, 1.82) is 0 Å². The molecule has 156 valence electrons. The minimum atomic E-state index is -0.405. The molecule has 1 aliphatic heterocycles. The van der Waals surface area contributed by atoms with E-state index in [1.807, 2.05) is 55.5 Å². The number of esters is 1. The quantitative estimate of drug-likeness (QED) is 0.456. The van der Waals surface area contributed by atoms with Crippen molar-refractivity contribution in [2.24, 2.45) is 4.99 Å². The molecule has 0 aliphatic carbocycles. The molecule has 1 saturated heterocycles. The highest BCUT2D eigenvalue weighted by Crippen LogP contribution is 2.34. The molecule has 6 nitrogen and oxygen atoms in total. The Kier molecular flexibility index (Phi) is 7.68. The molecule has 0 radical (unpaired) electrons. The van der Waals surface area contributed by atoms with Crippen LogP contribution in [0.1, 0.15) is 25.8 Å². The zero-order chi connectivity index (χ0) is 21.3. The number of benzene rings is 2. The first-order valence-electron chi connectivity index (χ1n) is 9.84. The van der Waals surface area contributed by atoms with E-state index in [9.17, 15) is 9.59 Å². The smallest absolute Gasteiger partial charge is 0.344 e. The molecular weight excluding hydrogens is 400 g/mol. The van der Waals surface area contributed by atoms with Gasteiger partial charge in [0.2, 0.25) is 0 Å². The summed E-state index contributed by atoms with van der Waals surface area (Å²) in [6.07, 6.45) is 2.69. The molecule has 7 heteroatoms. The molecule has 30 heavy (non-hydrogen) atoms. The molecule has 2 aromatic carbocycles. The van der Waals surface area contributed by atoms with Crippen LogP contribution in [0.5, 0.6) is 5.75 Å². The Morgan fingerprint density at radius 1 is 1.10 bits per heavy atom. The summed E-state index contributed by atoms with van der Waals surface area (Å²) in [5, 5.41) is 0.689. The standard InChI is InChI=1S/C23H24N2O4S/c1-3-14-25-22(27)20(30-23(25)24-18-8-6-5-7-9-18)15-17-10-12-19(13-11-17)29-16-21(26)28-4-2/h5-13,15H,3-4,14,16H2,1-2H3/b20-15+,24-23?. The van der Waals surface area contributed by atoms with Crippen LogP contribution >= 0.6 is 11.8 Å². The van der Waals surface area contributed by atoms with Gasteiger partial charge in [-0.3, -0.25) is 9.69 Å². The lowest BCUT2D eigenvalue weighted by molar-refractivity contribution is -0.145. The fourth-order valence-electron chi connectivity index (χ4n) is 2.78. The molecule has 0 N–H and O–H groups in total. The maximum absolute atomic E-state index is 12.9. The number of rotatable bonds is 8. The van der Waals surface area contributed by atoms with Gasteiger partial charge in [0, 0.05) is 6.54 Å². The lowest BCUT2D eigenvalue weighted by atomic mass is 10.2. The molecule has 0 saturated carbocycles. The summed E-state index contributed by atoms with van der Waals surface area (Å²) in [6, 6.07) is 16.8. The van der Waals surface area contributed by atoms with E-state index in [2.05, 4.69) is 4.99 Å². The first-order chi connectivity index (χ1) is 14.6. The molecule has 1 amide bonds. The van der Waals surface area contributed by atoms with Crippen LogP contribution in [0.2, 0.25) is 0 Å². The molecule has 1 aliphatic rings. The Balaban J connectivity index is 1.74. The molecule has 0 bridgehead atoms. The second kappa shape index (κ2) is 10.6. The number of amidine groups is 1. The van der Waals surface area contributed by atoms with Crippen LogP contribution in [0.15, 0.2) is 64.5 Å². The highest BCUT2D eigenvalue weighted by molar-refractivity contribution is 8.18. The van der Waals surface area contributed by atoms with Crippen LogP contribution in [-0.4, -0.2) is 41.7 Å². The van der Waals surface area contributed by atoms with Gasteiger partial charge in [0.05, 0.1) is 17.2 Å². The average Bonchev–Trinajstić information content (AvgIpc) is 3.03.